The van der Waals surface area contributed by atoms with Crippen LogP contribution in [0.25, 0.3) is 0 Å². The van der Waals surface area contributed by atoms with Crippen LogP contribution < -0.4 is 5.01 Å². The van der Waals surface area contributed by atoms with Crippen LogP contribution >= 0.6 is 0 Å². The molecule has 0 saturated heterocycles. The van der Waals surface area contributed by atoms with Crippen molar-refractivity contribution in [3.8, 4) is 0 Å². The highest BCUT2D eigenvalue weighted by Gasteiger charge is 2.43. The fourth-order valence-electron chi connectivity index (χ4n) is 3.47. The minimum atomic E-state index is -0.498. The number of hydrazone groups is 1. The number of unbranched alkanes of at least 4 members (excludes halogenated alkanes) is 1. The van der Waals surface area contributed by atoms with E-state index in [1.54, 1.807) is 19.1 Å². The molecule has 0 N–H and O–H groups in total. The predicted octanol–water partition coefficient (Wildman–Crippen LogP) is 5.81. The number of halogens is 1. The summed E-state index contributed by atoms with van der Waals surface area (Å²) in [6, 6.07) is 15.8. The van der Waals surface area contributed by atoms with Crippen molar-refractivity contribution in [1.82, 2.24) is 0 Å². The van der Waals surface area contributed by atoms with Gasteiger partial charge >= 0.3 is 5.97 Å². The summed E-state index contributed by atoms with van der Waals surface area (Å²) in [7, 11) is 0. The zero-order chi connectivity index (χ0) is 21.2. The number of benzene rings is 2. The highest BCUT2D eigenvalue weighted by Crippen LogP contribution is 2.34. The number of carbonyl (C=O) groups excluding carboxylic acids is 1. The van der Waals surface area contributed by atoms with Crippen LogP contribution in [0.1, 0.15) is 52.5 Å². The zero-order valence-corrected chi connectivity index (χ0v) is 17.8. The molecule has 29 heavy (non-hydrogen) atoms. The average Bonchev–Trinajstić information content (AvgIpc) is 3.14. The van der Waals surface area contributed by atoms with Gasteiger partial charge in [-0.15, -0.1) is 0 Å². The lowest BCUT2D eigenvalue weighted by Crippen LogP contribution is -2.39. The molecule has 0 spiro atoms. The molecule has 2 aromatic carbocycles. The van der Waals surface area contributed by atoms with Crippen molar-refractivity contribution in [2.75, 3.05) is 11.6 Å². The van der Waals surface area contributed by atoms with Gasteiger partial charge in [0.1, 0.15) is 11.7 Å². The lowest BCUT2D eigenvalue weighted by atomic mass is 9.88. The molecular formula is C24H31FN2O2. The molecule has 0 radical (unpaired) electrons. The van der Waals surface area contributed by atoms with Gasteiger partial charge in [0.15, 0.2) is 0 Å². The highest BCUT2D eigenvalue weighted by molar-refractivity contribution is 6.14. The second-order valence-electron chi connectivity index (χ2n) is 6.61. The van der Waals surface area contributed by atoms with Crippen LogP contribution in [-0.2, 0) is 9.53 Å². The number of carbonyl (C=O) groups is 1. The highest BCUT2D eigenvalue weighted by atomic mass is 19.1. The van der Waals surface area contributed by atoms with Gasteiger partial charge in [0.05, 0.1) is 24.0 Å². The van der Waals surface area contributed by atoms with Gasteiger partial charge in [-0.2, -0.15) is 5.10 Å². The summed E-state index contributed by atoms with van der Waals surface area (Å²) >= 11 is 0. The van der Waals surface area contributed by atoms with Crippen LogP contribution in [-0.4, -0.2) is 24.3 Å². The Morgan fingerprint density at radius 3 is 2.31 bits per heavy atom. The fraction of sp³-hybridized carbons (Fsp3) is 0.417. The Balaban J connectivity index is 0.00000145. The molecule has 0 amide bonds. The Morgan fingerprint density at radius 2 is 1.72 bits per heavy atom. The van der Waals surface area contributed by atoms with Gasteiger partial charge in [-0.05, 0) is 43.2 Å². The van der Waals surface area contributed by atoms with Gasteiger partial charge in [-0.25, -0.2) is 4.39 Å². The van der Waals surface area contributed by atoms with Gasteiger partial charge in [0.25, 0.3) is 0 Å². The van der Waals surface area contributed by atoms with Gasteiger partial charge < -0.3 is 4.74 Å². The molecule has 2 unspecified atom stereocenters. The number of hydrogen-bond donors (Lipinski definition) is 0. The summed E-state index contributed by atoms with van der Waals surface area (Å²) in [5.74, 6) is -1.09. The fourth-order valence-corrected chi connectivity index (χ4v) is 3.47. The molecule has 0 saturated carbocycles. The third kappa shape index (κ3) is 5.43. The van der Waals surface area contributed by atoms with Gasteiger partial charge in [-0.3, -0.25) is 9.80 Å². The lowest BCUT2D eigenvalue weighted by Gasteiger charge is -2.27. The predicted molar refractivity (Wildman–Crippen MR) is 117 cm³/mol. The SMILES string of the molecule is CC.CCCCC1C(C(=O)OCC)C(c2ccc(F)cc2)=NN1c1ccccc1. The first-order valence-corrected chi connectivity index (χ1v) is 10.5. The van der Waals surface area contributed by atoms with E-state index in [2.05, 4.69) is 6.92 Å². The van der Waals surface area contributed by atoms with Crippen LogP contribution in [0.3, 0.4) is 0 Å². The van der Waals surface area contributed by atoms with Crippen LogP contribution in [0.4, 0.5) is 10.1 Å². The van der Waals surface area contributed by atoms with E-state index < -0.39 is 5.92 Å². The normalized spacial score (nSPS) is 18.0. The van der Waals surface area contributed by atoms with E-state index >= 15 is 0 Å². The monoisotopic (exact) mass is 398 g/mol. The van der Waals surface area contributed by atoms with E-state index in [1.165, 1.54) is 12.1 Å². The molecule has 156 valence electrons. The maximum absolute atomic E-state index is 13.4. The zero-order valence-electron chi connectivity index (χ0n) is 17.8. The molecule has 2 aromatic rings. The number of esters is 1. The summed E-state index contributed by atoms with van der Waals surface area (Å²) in [5, 5.41) is 6.73. The first kappa shape index (κ1) is 22.6. The van der Waals surface area contributed by atoms with Crippen molar-refractivity contribution in [3.05, 3.63) is 66.0 Å². The average molecular weight is 399 g/mol. The largest absolute Gasteiger partial charge is 0.465 e. The summed E-state index contributed by atoms with van der Waals surface area (Å²) in [6.45, 7) is 8.25. The van der Waals surface area contributed by atoms with Gasteiger partial charge in [0.2, 0.25) is 0 Å². The van der Waals surface area contributed by atoms with Crippen LogP contribution in [0.5, 0.6) is 0 Å². The third-order valence-electron chi connectivity index (χ3n) is 4.76. The first-order valence-electron chi connectivity index (χ1n) is 10.5. The number of hydrogen-bond acceptors (Lipinski definition) is 4. The Morgan fingerprint density at radius 1 is 1.07 bits per heavy atom. The number of nitrogens with zero attached hydrogens (tertiary/aromatic N) is 2. The van der Waals surface area contributed by atoms with E-state index in [9.17, 15) is 9.18 Å². The van der Waals surface area contributed by atoms with Gasteiger partial charge in [0, 0.05) is 0 Å². The Kier molecular flexibility index (Phi) is 8.84. The molecule has 3 rings (SSSR count). The van der Waals surface area contributed by atoms with E-state index in [1.807, 2.05) is 49.2 Å². The van der Waals surface area contributed by atoms with Crippen molar-refractivity contribution in [1.29, 1.82) is 0 Å². The Hall–Kier alpha value is -2.69. The third-order valence-corrected chi connectivity index (χ3v) is 4.76. The first-order chi connectivity index (χ1) is 14.2. The van der Waals surface area contributed by atoms with Crippen molar-refractivity contribution in [2.45, 2.75) is 53.0 Å². The molecule has 0 bridgehead atoms. The topological polar surface area (TPSA) is 41.9 Å². The van der Waals surface area contributed by atoms with Crippen LogP contribution in [0, 0.1) is 11.7 Å². The molecule has 4 nitrogen and oxygen atoms in total. The molecule has 1 aliphatic heterocycles. The maximum atomic E-state index is 13.4. The quantitative estimate of drug-likeness (QED) is 0.552. The Labute approximate surface area is 173 Å². The van der Waals surface area contributed by atoms with Crippen molar-refractivity contribution in [3.63, 3.8) is 0 Å². The van der Waals surface area contributed by atoms with Crippen molar-refractivity contribution < 1.29 is 13.9 Å². The minimum Gasteiger partial charge on any atom is -0.465 e. The number of rotatable bonds is 7. The molecule has 0 aliphatic carbocycles. The second kappa shape index (κ2) is 11.3. The number of anilines is 1. The Bertz CT molecular complexity index is 790. The molecular weight excluding hydrogens is 367 g/mol. The van der Waals surface area contributed by atoms with Gasteiger partial charge in [-0.1, -0.05) is 63.9 Å². The van der Waals surface area contributed by atoms with Crippen molar-refractivity contribution >= 4 is 17.4 Å². The van der Waals surface area contributed by atoms with E-state index in [0.717, 1.165) is 30.5 Å². The summed E-state index contributed by atoms with van der Waals surface area (Å²) in [6.07, 6.45) is 2.83. The summed E-state index contributed by atoms with van der Waals surface area (Å²) in [5.41, 5.74) is 2.32. The smallest absolute Gasteiger partial charge is 0.317 e. The molecule has 1 aliphatic rings. The van der Waals surface area contributed by atoms with Crippen molar-refractivity contribution in [2.24, 2.45) is 11.0 Å². The summed E-state index contributed by atoms with van der Waals surface area (Å²) in [4.78, 5) is 12.8. The second-order valence-corrected chi connectivity index (χ2v) is 6.61. The van der Waals surface area contributed by atoms with E-state index in [0.29, 0.717) is 12.3 Å². The van der Waals surface area contributed by atoms with Crippen LogP contribution in [0.2, 0.25) is 0 Å². The minimum absolute atomic E-state index is 0.119. The molecule has 0 fully saturated rings. The maximum Gasteiger partial charge on any atom is 0.317 e. The number of ether oxygens (including phenoxy) is 1. The standard InChI is InChI=1S/C22H25FN2O2.C2H6/c1-3-5-11-19-20(22(26)27-4-2)21(16-12-14-17(23)15-13-16)24-25(19)18-9-7-6-8-10-18;1-2/h6-10,12-15,19-20H,3-5,11H2,1-2H3;1-2H3. The molecule has 2 atom stereocenters. The molecule has 1 heterocycles. The number of para-hydroxylation sites is 1. The molecule has 5 heteroatoms. The lowest BCUT2D eigenvalue weighted by molar-refractivity contribution is -0.145. The van der Waals surface area contributed by atoms with Crippen LogP contribution in [0.15, 0.2) is 59.7 Å². The van der Waals surface area contributed by atoms with E-state index in [-0.39, 0.29) is 17.8 Å². The molecule has 0 aromatic heterocycles. The summed E-state index contributed by atoms with van der Waals surface area (Å²) < 4.78 is 18.8. The van der Waals surface area contributed by atoms with E-state index in [4.69, 9.17) is 9.84 Å².